The molecule has 2 atom stereocenters. The molecule has 0 spiro atoms. The molecule has 0 saturated heterocycles. The van der Waals surface area contributed by atoms with Gasteiger partial charge in [0, 0.05) is 13.0 Å². The van der Waals surface area contributed by atoms with Gasteiger partial charge in [0.25, 0.3) is 0 Å². The van der Waals surface area contributed by atoms with Crippen molar-refractivity contribution in [2.75, 3.05) is 54.1 Å². The molecule has 0 amide bonds. The number of likely N-dealkylation sites (N-methyl/N-ethyl adjacent to an activating group) is 1. The molecule has 2 unspecified atom stereocenters. The first-order valence-electron chi connectivity index (χ1n) is 19.4. The summed E-state index contributed by atoms with van der Waals surface area (Å²) in [7, 11) is 1.65. The number of allylic oxidation sites excluding steroid dienone is 8. The molecule has 0 aromatic rings. The lowest BCUT2D eigenvalue weighted by atomic mass is 10.1. The summed E-state index contributed by atoms with van der Waals surface area (Å²) < 4.78 is 34.7. The number of phosphoric acid groups is 1. The normalized spacial score (nSPS) is 14.5. The Kier molecular flexibility index (Phi) is 32.5. The molecule has 0 heterocycles. The van der Waals surface area contributed by atoms with Crippen LogP contribution < -0.4 is 0 Å². The van der Waals surface area contributed by atoms with Gasteiger partial charge >= 0.3 is 13.8 Å². The molecule has 0 aromatic heterocycles. The Morgan fingerprint density at radius 1 is 0.653 bits per heavy atom. The van der Waals surface area contributed by atoms with Crippen LogP contribution in [0.2, 0.25) is 0 Å². The summed E-state index contributed by atoms with van der Waals surface area (Å²) in [4.78, 5) is 22.7. The fourth-order valence-corrected chi connectivity index (χ4v) is 5.64. The van der Waals surface area contributed by atoms with E-state index >= 15 is 0 Å². The average Bonchev–Trinajstić information content (AvgIpc) is 3.04. The second kappa shape index (κ2) is 33.6. The summed E-state index contributed by atoms with van der Waals surface area (Å²) >= 11 is 0. The van der Waals surface area contributed by atoms with Gasteiger partial charge in [-0.3, -0.25) is 13.8 Å². The summed E-state index contributed by atoms with van der Waals surface area (Å²) in [6, 6.07) is 0. The van der Waals surface area contributed by atoms with Gasteiger partial charge in [0.15, 0.2) is 0 Å². The predicted octanol–water partition coefficient (Wildman–Crippen LogP) is 10.8. The Morgan fingerprint density at radius 2 is 1.18 bits per heavy atom. The predicted molar refractivity (Wildman–Crippen MR) is 206 cm³/mol. The van der Waals surface area contributed by atoms with E-state index in [1.54, 1.807) is 0 Å². The topological polar surface area (TPSA) is 91.3 Å². The molecular weight excluding hydrogens is 637 g/mol. The zero-order valence-electron chi connectivity index (χ0n) is 32.2. The van der Waals surface area contributed by atoms with Crippen LogP contribution in [0.5, 0.6) is 0 Å². The summed E-state index contributed by atoms with van der Waals surface area (Å²) in [5, 5.41) is 0. The molecule has 8 nitrogen and oxygen atoms in total. The molecule has 0 bridgehead atoms. The van der Waals surface area contributed by atoms with Gasteiger partial charge < -0.3 is 18.9 Å². The first-order chi connectivity index (χ1) is 23.6. The molecule has 0 saturated carbocycles. The summed E-state index contributed by atoms with van der Waals surface area (Å²) in [5.74, 6) is -0.327. The quantitative estimate of drug-likeness (QED) is 0.0230. The first kappa shape index (κ1) is 47.5. The van der Waals surface area contributed by atoms with E-state index in [1.165, 1.54) is 57.8 Å². The second-order valence-electron chi connectivity index (χ2n) is 13.9. The SMILES string of the molecule is CC/C=C\C/C=C\C/C=C\C/C=C\CCCCCCCCCCC(=O)OC(COCCCCCCCC)COP(=O)(O)OCC[N+](C)(C)C. The summed E-state index contributed by atoms with van der Waals surface area (Å²) in [6.07, 6.45) is 38.7. The number of esters is 1. The largest absolute Gasteiger partial charge is 0.472 e. The van der Waals surface area contributed by atoms with E-state index in [-0.39, 0.29) is 25.8 Å². The van der Waals surface area contributed by atoms with E-state index in [2.05, 4.69) is 62.5 Å². The third kappa shape index (κ3) is 37.5. The molecule has 0 fully saturated rings. The number of carbonyl (C=O) groups is 1. The van der Waals surface area contributed by atoms with Crippen LogP contribution in [0.1, 0.15) is 142 Å². The fraction of sp³-hybridized carbons (Fsp3) is 0.775. The zero-order chi connectivity index (χ0) is 36.3. The van der Waals surface area contributed by atoms with Crippen molar-refractivity contribution < 1.29 is 37.3 Å². The van der Waals surface area contributed by atoms with Crippen LogP contribution in [0.3, 0.4) is 0 Å². The van der Waals surface area contributed by atoms with Crippen LogP contribution in [0.25, 0.3) is 0 Å². The first-order valence-corrected chi connectivity index (χ1v) is 20.9. The molecule has 0 aliphatic rings. The standard InChI is InChI=1S/C40H74NO7P/c1-6-8-10-12-14-15-16-17-18-19-20-21-22-23-24-25-26-27-28-29-31-33-40(42)48-39(37-45-35-32-30-13-11-9-7-2)38-47-49(43,44)46-36-34-41(3,4)5/h8,10,14-15,17-18,20-21,39H,6-7,9,11-13,16,19,22-38H2,1-5H3/p+1/b10-8-,15-14-,18-17-,21-20-. The van der Waals surface area contributed by atoms with E-state index < -0.39 is 13.9 Å². The van der Waals surface area contributed by atoms with Gasteiger partial charge in [-0.2, -0.15) is 0 Å². The monoisotopic (exact) mass is 713 g/mol. The Morgan fingerprint density at radius 3 is 1.78 bits per heavy atom. The third-order valence-corrected chi connectivity index (χ3v) is 8.89. The smallest absolute Gasteiger partial charge is 0.457 e. The minimum atomic E-state index is -4.26. The second-order valence-corrected chi connectivity index (χ2v) is 15.4. The van der Waals surface area contributed by atoms with Gasteiger partial charge in [-0.1, -0.05) is 133 Å². The number of phosphoric ester groups is 1. The van der Waals surface area contributed by atoms with Gasteiger partial charge in [0.2, 0.25) is 0 Å². The van der Waals surface area contributed by atoms with Gasteiger partial charge in [-0.25, -0.2) is 4.57 Å². The van der Waals surface area contributed by atoms with Crippen LogP contribution >= 0.6 is 7.82 Å². The van der Waals surface area contributed by atoms with E-state index in [0.717, 1.165) is 64.2 Å². The van der Waals surface area contributed by atoms with E-state index in [0.29, 0.717) is 24.1 Å². The number of nitrogens with zero attached hydrogens (tertiary/aromatic N) is 1. The Bertz CT molecular complexity index is 926. The summed E-state index contributed by atoms with van der Waals surface area (Å²) in [5.41, 5.74) is 0. The molecule has 1 N–H and O–H groups in total. The molecule has 0 rings (SSSR count). The minimum Gasteiger partial charge on any atom is -0.457 e. The van der Waals surface area contributed by atoms with Crippen molar-refractivity contribution in [2.24, 2.45) is 0 Å². The average molecular weight is 713 g/mol. The molecule has 0 aromatic carbocycles. The molecule has 286 valence electrons. The highest BCUT2D eigenvalue weighted by atomic mass is 31.2. The molecule has 0 aliphatic carbocycles. The Balaban J connectivity index is 4.13. The van der Waals surface area contributed by atoms with Gasteiger partial charge in [0.05, 0.1) is 34.4 Å². The van der Waals surface area contributed by atoms with E-state index in [9.17, 15) is 14.3 Å². The van der Waals surface area contributed by atoms with Crippen LogP contribution in [-0.4, -0.2) is 75.6 Å². The highest BCUT2D eigenvalue weighted by Crippen LogP contribution is 2.43. The zero-order valence-corrected chi connectivity index (χ0v) is 33.1. The van der Waals surface area contributed by atoms with Crippen molar-refractivity contribution in [3.63, 3.8) is 0 Å². The number of quaternary nitrogens is 1. The van der Waals surface area contributed by atoms with E-state index in [4.69, 9.17) is 18.5 Å². The van der Waals surface area contributed by atoms with Crippen molar-refractivity contribution in [1.82, 2.24) is 0 Å². The van der Waals surface area contributed by atoms with Gasteiger partial charge in [-0.05, 0) is 51.4 Å². The lowest BCUT2D eigenvalue weighted by molar-refractivity contribution is -0.870. The maximum absolute atomic E-state index is 12.6. The number of ether oxygens (including phenoxy) is 2. The van der Waals surface area contributed by atoms with Crippen LogP contribution in [0.4, 0.5) is 0 Å². The maximum Gasteiger partial charge on any atom is 0.472 e. The van der Waals surface area contributed by atoms with Crippen molar-refractivity contribution in [3.8, 4) is 0 Å². The Labute approximate surface area is 301 Å². The number of hydrogen-bond donors (Lipinski definition) is 1. The van der Waals surface area contributed by atoms with E-state index in [1.807, 2.05) is 21.1 Å². The molecule has 0 aliphatic heterocycles. The van der Waals surface area contributed by atoms with Gasteiger partial charge in [-0.15, -0.1) is 0 Å². The number of rotatable bonds is 35. The van der Waals surface area contributed by atoms with Crippen molar-refractivity contribution in [2.45, 2.75) is 148 Å². The molecule has 49 heavy (non-hydrogen) atoms. The highest BCUT2D eigenvalue weighted by Gasteiger charge is 2.26. The van der Waals surface area contributed by atoms with Crippen LogP contribution in [0.15, 0.2) is 48.6 Å². The minimum absolute atomic E-state index is 0.0856. The molecule has 0 radical (unpaired) electrons. The number of hydrogen-bond acceptors (Lipinski definition) is 6. The van der Waals surface area contributed by atoms with Crippen LogP contribution in [0, 0.1) is 0 Å². The Hall–Kier alpha value is -1.54. The number of unbranched alkanes of at least 4 members (excludes halogenated alkanes) is 13. The van der Waals surface area contributed by atoms with Crippen LogP contribution in [-0.2, 0) is 27.9 Å². The third-order valence-electron chi connectivity index (χ3n) is 7.90. The molecule has 9 heteroatoms. The van der Waals surface area contributed by atoms with Crippen molar-refractivity contribution in [3.05, 3.63) is 48.6 Å². The maximum atomic E-state index is 12.6. The van der Waals surface area contributed by atoms with Crippen molar-refractivity contribution in [1.29, 1.82) is 0 Å². The molecular formula is C40H75NO7P+. The van der Waals surface area contributed by atoms with Crippen molar-refractivity contribution >= 4 is 13.8 Å². The number of carbonyl (C=O) groups excluding carboxylic acids is 1. The fourth-order valence-electron chi connectivity index (χ4n) is 4.89. The lowest BCUT2D eigenvalue weighted by Crippen LogP contribution is -2.37. The summed E-state index contributed by atoms with van der Waals surface area (Å²) in [6.45, 7) is 5.43. The highest BCUT2D eigenvalue weighted by molar-refractivity contribution is 7.47. The lowest BCUT2D eigenvalue weighted by Gasteiger charge is -2.24. The van der Waals surface area contributed by atoms with Gasteiger partial charge in [0.1, 0.15) is 19.3 Å².